The van der Waals surface area contributed by atoms with Gasteiger partial charge in [0.05, 0.1) is 6.54 Å². The number of aliphatic imine (C=N–C) groups is 1. The van der Waals surface area contributed by atoms with Gasteiger partial charge in [-0.15, -0.1) is 0 Å². The van der Waals surface area contributed by atoms with Crippen molar-refractivity contribution in [3.05, 3.63) is 28.2 Å². The van der Waals surface area contributed by atoms with Crippen LogP contribution in [-0.2, 0) is 4.79 Å². The van der Waals surface area contributed by atoms with Gasteiger partial charge in [-0.2, -0.15) is 0 Å². The minimum atomic E-state index is -0.0854. The average molecular weight is 381 g/mol. The van der Waals surface area contributed by atoms with Gasteiger partial charge in [-0.3, -0.25) is 9.79 Å². The van der Waals surface area contributed by atoms with Crippen LogP contribution < -0.4 is 16.0 Å². The fourth-order valence-electron chi connectivity index (χ4n) is 2.72. The molecule has 1 fully saturated rings. The molecule has 0 atom stereocenters. The van der Waals surface area contributed by atoms with E-state index in [2.05, 4.69) is 36.9 Å². The number of hydrogen-bond acceptors (Lipinski definition) is 2. The molecule has 126 valence electrons. The third-order valence-electron chi connectivity index (χ3n) is 4.06. The van der Waals surface area contributed by atoms with Crippen LogP contribution in [-0.4, -0.2) is 31.5 Å². The zero-order valence-electron chi connectivity index (χ0n) is 13.8. The summed E-state index contributed by atoms with van der Waals surface area (Å²) in [6, 6.07) is 6.29. The van der Waals surface area contributed by atoms with E-state index in [-0.39, 0.29) is 12.5 Å². The van der Waals surface area contributed by atoms with E-state index in [1.165, 1.54) is 32.1 Å². The predicted molar refractivity (Wildman–Crippen MR) is 98.9 cm³/mol. The van der Waals surface area contributed by atoms with Crippen molar-refractivity contribution in [1.82, 2.24) is 10.6 Å². The van der Waals surface area contributed by atoms with Crippen LogP contribution in [0.4, 0.5) is 5.69 Å². The monoisotopic (exact) mass is 380 g/mol. The van der Waals surface area contributed by atoms with E-state index in [0.29, 0.717) is 12.0 Å². The number of amides is 1. The number of carbonyl (C=O) groups is 1. The van der Waals surface area contributed by atoms with Crippen molar-refractivity contribution in [3.8, 4) is 0 Å². The molecule has 6 heteroatoms. The van der Waals surface area contributed by atoms with Gasteiger partial charge < -0.3 is 16.0 Å². The Morgan fingerprint density at radius 3 is 2.74 bits per heavy atom. The third kappa shape index (κ3) is 5.86. The Morgan fingerprint density at radius 2 is 2.04 bits per heavy atom. The van der Waals surface area contributed by atoms with Crippen LogP contribution in [0.1, 0.15) is 37.7 Å². The Morgan fingerprint density at radius 1 is 1.30 bits per heavy atom. The maximum Gasteiger partial charge on any atom is 0.243 e. The number of nitrogens with one attached hydrogen (secondary N) is 3. The normalized spacial score (nSPS) is 16.0. The third-order valence-corrected chi connectivity index (χ3v) is 4.55. The Bertz CT molecular complexity index is 568. The molecule has 1 aliphatic carbocycles. The Balaban J connectivity index is 1.81. The molecule has 0 bridgehead atoms. The molecule has 0 radical (unpaired) electrons. The molecular weight excluding hydrogens is 356 g/mol. The molecule has 2 rings (SSSR count). The second-order valence-electron chi connectivity index (χ2n) is 5.91. The second-order valence-corrected chi connectivity index (χ2v) is 6.83. The predicted octanol–water partition coefficient (Wildman–Crippen LogP) is 3.19. The fraction of sp³-hybridized carbons (Fsp3) is 0.529. The molecule has 0 saturated heterocycles. The summed E-state index contributed by atoms with van der Waals surface area (Å²) in [6.07, 6.45) is 6.18. The summed E-state index contributed by atoms with van der Waals surface area (Å²) in [4.78, 5) is 16.3. The lowest BCUT2D eigenvalue weighted by atomic mass is 9.96. The van der Waals surface area contributed by atoms with E-state index in [0.717, 1.165) is 15.7 Å². The van der Waals surface area contributed by atoms with Gasteiger partial charge in [0.25, 0.3) is 0 Å². The van der Waals surface area contributed by atoms with Crippen molar-refractivity contribution in [3.63, 3.8) is 0 Å². The summed E-state index contributed by atoms with van der Waals surface area (Å²) in [5.74, 6) is 0.607. The summed E-state index contributed by atoms with van der Waals surface area (Å²) in [5.41, 5.74) is 1.85. The number of halogens is 1. The standard InChI is InChI=1S/C17H25BrN4O/c1-12-8-9-13(18)10-15(12)22-16(23)11-20-17(19-2)21-14-6-4-3-5-7-14/h8-10,14H,3-7,11H2,1-2H3,(H,22,23)(H2,19,20,21). The van der Waals surface area contributed by atoms with Crippen LogP contribution in [0.2, 0.25) is 0 Å². The van der Waals surface area contributed by atoms with Crippen LogP contribution in [0.5, 0.6) is 0 Å². The summed E-state index contributed by atoms with van der Waals surface area (Å²) in [5, 5.41) is 9.40. The number of carbonyl (C=O) groups excluding carboxylic acids is 1. The van der Waals surface area contributed by atoms with Gasteiger partial charge in [-0.05, 0) is 37.5 Å². The van der Waals surface area contributed by atoms with Crippen molar-refractivity contribution in [2.45, 2.75) is 45.1 Å². The molecule has 3 N–H and O–H groups in total. The average Bonchev–Trinajstić information content (AvgIpc) is 2.56. The highest BCUT2D eigenvalue weighted by atomic mass is 79.9. The molecule has 0 aromatic heterocycles. The molecule has 1 aromatic carbocycles. The van der Waals surface area contributed by atoms with Crippen molar-refractivity contribution in [2.24, 2.45) is 4.99 Å². The lowest BCUT2D eigenvalue weighted by molar-refractivity contribution is -0.115. The topological polar surface area (TPSA) is 65.5 Å². The van der Waals surface area contributed by atoms with Gasteiger partial charge >= 0.3 is 0 Å². The molecule has 0 unspecified atom stereocenters. The summed E-state index contributed by atoms with van der Waals surface area (Å²) < 4.78 is 0.945. The van der Waals surface area contributed by atoms with E-state index in [4.69, 9.17) is 0 Å². The molecular formula is C17H25BrN4O. The Labute approximate surface area is 146 Å². The summed E-state index contributed by atoms with van der Waals surface area (Å²) in [7, 11) is 1.73. The first-order valence-electron chi connectivity index (χ1n) is 8.11. The zero-order valence-corrected chi connectivity index (χ0v) is 15.4. The van der Waals surface area contributed by atoms with Crippen molar-refractivity contribution < 1.29 is 4.79 Å². The van der Waals surface area contributed by atoms with E-state index in [9.17, 15) is 4.79 Å². The van der Waals surface area contributed by atoms with Gasteiger partial charge in [0.1, 0.15) is 0 Å². The number of anilines is 1. The van der Waals surface area contributed by atoms with Gasteiger partial charge in [-0.25, -0.2) is 0 Å². The second kappa shape index (κ2) is 8.91. The molecule has 5 nitrogen and oxygen atoms in total. The number of nitrogens with zero attached hydrogens (tertiary/aromatic N) is 1. The van der Waals surface area contributed by atoms with Gasteiger partial charge in [0.15, 0.2) is 5.96 Å². The largest absolute Gasteiger partial charge is 0.354 e. The molecule has 1 aliphatic rings. The minimum Gasteiger partial charge on any atom is -0.354 e. The van der Waals surface area contributed by atoms with Crippen molar-refractivity contribution in [1.29, 1.82) is 0 Å². The molecule has 1 aromatic rings. The Hall–Kier alpha value is -1.56. The van der Waals surface area contributed by atoms with E-state index < -0.39 is 0 Å². The van der Waals surface area contributed by atoms with Gasteiger partial charge in [0, 0.05) is 23.2 Å². The van der Waals surface area contributed by atoms with Crippen molar-refractivity contribution in [2.75, 3.05) is 18.9 Å². The molecule has 0 spiro atoms. The van der Waals surface area contributed by atoms with Crippen LogP contribution in [0, 0.1) is 6.92 Å². The van der Waals surface area contributed by atoms with E-state index in [1.54, 1.807) is 7.05 Å². The number of aryl methyl sites for hydroxylation is 1. The number of hydrogen-bond donors (Lipinski definition) is 3. The molecule has 0 heterocycles. The fourth-order valence-corrected chi connectivity index (χ4v) is 3.08. The summed E-state index contributed by atoms with van der Waals surface area (Å²) >= 11 is 3.42. The number of rotatable bonds is 4. The Kier molecular flexibility index (Phi) is 6.89. The minimum absolute atomic E-state index is 0.0854. The molecule has 1 amide bonds. The highest BCUT2D eigenvalue weighted by Crippen LogP contribution is 2.20. The van der Waals surface area contributed by atoms with E-state index >= 15 is 0 Å². The maximum atomic E-state index is 12.1. The summed E-state index contributed by atoms with van der Waals surface area (Å²) in [6.45, 7) is 2.16. The molecule has 1 saturated carbocycles. The van der Waals surface area contributed by atoms with Crippen LogP contribution in [0.3, 0.4) is 0 Å². The SMILES string of the molecule is CN=C(NCC(=O)Nc1cc(Br)ccc1C)NC1CCCCC1. The van der Waals surface area contributed by atoms with Crippen LogP contribution in [0.25, 0.3) is 0 Å². The van der Waals surface area contributed by atoms with Crippen LogP contribution >= 0.6 is 15.9 Å². The first-order chi connectivity index (χ1) is 11.1. The first kappa shape index (κ1) is 17.8. The lowest BCUT2D eigenvalue weighted by Gasteiger charge is -2.24. The van der Waals surface area contributed by atoms with Gasteiger partial charge in [-0.1, -0.05) is 41.3 Å². The maximum absolute atomic E-state index is 12.1. The number of benzene rings is 1. The zero-order chi connectivity index (χ0) is 16.7. The first-order valence-corrected chi connectivity index (χ1v) is 8.91. The number of guanidine groups is 1. The highest BCUT2D eigenvalue weighted by Gasteiger charge is 2.15. The van der Waals surface area contributed by atoms with Crippen LogP contribution in [0.15, 0.2) is 27.7 Å². The quantitative estimate of drug-likeness (QED) is 0.554. The van der Waals surface area contributed by atoms with Crippen molar-refractivity contribution >= 4 is 33.5 Å². The van der Waals surface area contributed by atoms with Gasteiger partial charge in [0.2, 0.25) is 5.91 Å². The lowest BCUT2D eigenvalue weighted by Crippen LogP contribution is -2.46. The van der Waals surface area contributed by atoms with E-state index in [1.807, 2.05) is 25.1 Å². The smallest absolute Gasteiger partial charge is 0.243 e. The highest BCUT2D eigenvalue weighted by molar-refractivity contribution is 9.10. The molecule has 0 aliphatic heterocycles. The molecule has 23 heavy (non-hydrogen) atoms.